The molecule has 0 aliphatic rings. The molecule has 0 saturated carbocycles. The standard InChI is InChI=1S/C24H22N2O5/c1-15-16(2)23(9-6-17(15)5-4-10-27)31-14-18-12-26-22(13-25-18)21-11-19(30-3)7-8-20(21)24(28)29/h6-9,11-13,27H,10,14H2,1-3H3,(H,28,29). The summed E-state index contributed by atoms with van der Waals surface area (Å²) < 4.78 is 11.1. The number of aliphatic hydroxyl groups excluding tert-OH is 1. The fourth-order valence-electron chi connectivity index (χ4n) is 2.99. The minimum Gasteiger partial charge on any atom is -0.497 e. The molecule has 0 amide bonds. The maximum atomic E-state index is 11.5. The third-order valence-corrected chi connectivity index (χ3v) is 4.85. The number of rotatable bonds is 6. The van der Waals surface area contributed by atoms with Gasteiger partial charge in [-0.1, -0.05) is 11.8 Å². The van der Waals surface area contributed by atoms with E-state index in [-0.39, 0.29) is 18.8 Å². The molecule has 0 aliphatic carbocycles. The molecule has 31 heavy (non-hydrogen) atoms. The van der Waals surface area contributed by atoms with Crippen LogP contribution in [0, 0.1) is 25.7 Å². The number of aliphatic hydroxyl groups is 1. The lowest BCUT2D eigenvalue weighted by molar-refractivity contribution is 0.0697. The number of aromatic nitrogens is 2. The van der Waals surface area contributed by atoms with Gasteiger partial charge in [0.15, 0.2) is 0 Å². The molecule has 0 aliphatic heterocycles. The first-order chi connectivity index (χ1) is 14.9. The molecule has 0 fully saturated rings. The zero-order valence-electron chi connectivity index (χ0n) is 17.5. The van der Waals surface area contributed by atoms with Crippen LogP contribution >= 0.6 is 0 Å². The number of hydrogen-bond acceptors (Lipinski definition) is 6. The number of methoxy groups -OCH3 is 1. The molecule has 7 heteroatoms. The highest BCUT2D eigenvalue weighted by Crippen LogP contribution is 2.27. The molecule has 158 valence electrons. The van der Waals surface area contributed by atoms with Gasteiger partial charge in [-0.3, -0.25) is 9.97 Å². The van der Waals surface area contributed by atoms with Crippen molar-refractivity contribution in [2.75, 3.05) is 13.7 Å². The summed E-state index contributed by atoms with van der Waals surface area (Å²) in [5.74, 6) is 5.76. The average molecular weight is 418 g/mol. The van der Waals surface area contributed by atoms with Gasteiger partial charge in [0, 0.05) is 11.1 Å². The average Bonchev–Trinajstić information content (AvgIpc) is 2.79. The van der Waals surface area contributed by atoms with Gasteiger partial charge in [-0.05, 0) is 55.3 Å². The summed E-state index contributed by atoms with van der Waals surface area (Å²) in [4.78, 5) is 20.3. The fraction of sp³-hybridized carbons (Fsp3) is 0.208. The predicted molar refractivity (Wildman–Crippen MR) is 115 cm³/mol. The Morgan fingerprint density at radius 3 is 2.55 bits per heavy atom. The SMILES string of the molecule is COc1ccc(C(=O)O)c(-c2cnc(COc3ccc(C#CCO)c(C)c3C)cn2)c1. The lowest BCUT2D eigenvalue weighted by Gasteiger charge is -2.12. The van der Waals surface area contributed by atoms with Crippen LogP contribution in [0.25, 0.3) is 11.3 Å². The number of carboxylic acids is 1. The molecule has 0 saturated heterocycles. The highest BCUT2D eigenvalue weighted by molar-refractivity contribution is 5.95. The zero-order chi connectivity index (χ0) is 22.4. The number of ether oxygens (including phenoxy) is 2. The second kappa shape index (κ2) is 9.74. The number of carboxylic acid groups (broad SMARTS) is 1. The van der Waals surface area contributed by atoms with E-state index in [1.165, 1.54) is 19.4 Å². The van der Waals surface area contributed by atoms with Gasteiger partial charge in [-0.25, -0.2) is 4.79 Å². The van der Waals surface area contributed by atoms with Crippen LogP contribution in [0.5, 0.6) is 11.5 Å². The Morgan fingerprint density at radius 1 is 1.10 bits per heavy atom. The van der Waals surface area contributed by atoms with Crippen molar-refractivity contribution in [1.82, 2.24) is 9.97 Å². The highest BCUT2D eigenvalue weighted by atomic mass is 16.5. The Hall–Kier alpha value is -3.89. The first-order valence-electron chi connectivity index (χ1n) is 9.50. The van der Waals surface area contributed by atoms with Crippen LogP contribution in [-0.2, 0) is 6.61 Å². The highest BCUT2D eigenvalue weighted by Gasteiger charge is 2.15. The van der Waals surface area contributed by atoms with E-state index in [9.17, 15) is 9.90 Å². The smallest absolute Gasteiger partial charge is 0.336 e. The summed E-state index contributed by atoms with van der Waals surface area (Å²) in [6, 6.07) is 8.38. The number of hydrogen-bond donors (Lipinski definition) is 2. The zero-order valence-corrected chi connectivity index (χ0v) is 17.5. The van der Waals surface area contributed by atoms with Crippen LogP contribution in [-0.4, -0.2) is 39.9 Å². The summed E-state index contributed by atoms with van der Waals surface area (Å²) in [5, 5.41) is 18.3. The second-order valence-corrected chi connectivity index (χ2v) is 6.72. The molecule has 0 atom stereocenters. The van der Waals surface area contributed by atoms with Gasteiger partial charge >= 0.3 is 5.97 Å². The summed E-state index contributed by atoms with van der Waals surface area (Å²) in [6.07, 6.45) is 3.08. The lowest BCUT2D eigenvalue weighted by atomic mass is 10.0. The Morgan fingerprint density at radius 2 is 1.90 bits per heavy atom. The Labute approximate surface area is 180 Å². The van der Waals surface area contributed by atoms with Gasteiger partial charge in [0.05, 0.1) is 36.5 Å². The van der Waals surface area contributed by atoms with Crippen LogP contribution in [0.4, 0.5) is 0 Å². The lowest BCUT2D eigenvalue weighted by Crippen LogP contribution is -2.04. The van der Waals surface area contributed by atoms with E-state index < -0.39 is 5.97 Å². The van der Waals surface area contributed by atoms with Crippen molar-refractivity contribution in [3.05, 3.63) is 70.7 Å². The molecule has 3 rings (SSSR count). The van der Waals surface area contributed by atoms with E-state index >= 15 is 0 Å². The third-order valence-electron chi connectivity index (χ3n) is 4.85. The molecule has 2 aromatic carbocycles. The normalized spacial score (nSPS) is 10.2. The second-order valence-electron chi connectivity index (χ2n) is 6.72. The number of carbonyl (C=O) groups is 1. The Balaban J connectivity index is 1.78. The summed E-state index contributed by atoms with van der Waals surface area (Å²) in [7, 11) is 1.52. The molecule has 1 heterocycles. The predicted octanol–water partition coefficient (Wildman–Crippen LogP) is 3.39. The fourth-order valence-corrected chi connectivity index (χ4v) is 2.99. The minimum atomic E-state index is -1.05. The molecule has 1 aromatic heterocycles. The van der Waals surface area contributed by atoms with E-state index in [0.717, 1.165) is 16.7 Å². The van der Waals surface area contributed by atoms with Gasteiger partial charge in [0.2, 0.25) is 0 Å². The molecule has 0 radical (unpaired) electrons. The maximum absolute atomic E-state index is 11.5. The number of aromatic carboxylic acids is 1. The number of nitrogens with zero attached hydrogens (tertiary/aromatic N) is 2. The van der Waals surface area contributed by atoms with Gasteiger partial charge < -0.3 is 19.7 Å². The maximum Gasteiger partial charge on any atom is 0.336 e. The van der Waals surface area contributed by atoms with Crippen molar-refractivity contribution >= 4 is 5.97 Å². The molecule has 0 unspecified atom stereocenters. The van der Waals surface area contributed by atoms with Crippen LogP contribution in [0.2, 0.25) is 0 Å². The van der Waals surface area contributed by atoms with Crippen LogP contribution in [0.15, 0.2) is 42.7 Å². The molecular weight excluding hydrogens is 396 g/mol. The van der Waals surface area contributed by atoms with Gasteiger partial charge in [-0.2, -0.15) is 0 Å². The molecule has 2 N–H and O–H groups in total. The van der Waals surface area contributed by atoms with E-state index in [4.69, 9.17) is 14.6 Å². The van der Waals surface area contributed by atoms with Gasteiger partial charge in [0.25, 0.3) is 0 Å². The quantitative estimate of drug-likeness (QED) is 0.592. The summed E-state index contributed by atoms with van der Waals surface area (Å²) >= 11 is 0. The third kappa shape index (κ3) is 5.00. The molecule has 0 bridgehead atoms. The van der Waals surface area contributed by atoms with Crippen molar-refractivity contribution in [2.24, 2.45) is 0 Å². The molecule has 7 nitrogen and oxygen atoms in total. The Bertz CT molecular complexity index is 1160. The first-order valence-corrected chi connectivity index (χ1v) is 9.50. The van der Waals surface area contributed by atoms with E-state index in [0.29, 0.717) is 28.5 Å². The van der Waals surface area contributed by atoms with Crippen LogP contribution < -0.4 is 9.47 Å². The van der Waals surface area contributed by atoms with E-state index in [2.05, 4.69) is 21.8 Å². The van der Waals surface area contributed by atoms with Gasteiger partial charge in [0.1, 0.15) is 24.7 Å². The van der Waals surface area contributed by atoms with Crippen LogP contribution in [0.3, 0.4) is 0 Å². The topological polar surface area (TPSA) is 102 Å². The summed E-state index contributed by atoms with van der Waals surface area (Å²) in [6.45, 7) is 3.92. The van der Waals surface area contributed by atoms with E-state index in [1.807, 2.05) is 26.0 Å². The Kier molecular flexibility index (Phi) is 6.85. The molecule has 3 aromatic rings. The van der Waals surface area contributed by atoms with Gasteiger partial charge in [-0.15, -0.1) is 0 Å². The number of benzene rings is 2. The largest absolute Gasteiger partial charge is 0.497 e. The molecular formula is C24H22N2O5. The minimum absolute atomic E-state index is 0.120. The van der Waals surface area contributed by atoms with Crippen LogP contribution in [0.1, 0.15) is 32.7 Å². The summed E-state index contributed by atoms with van der Waals surface area (Å²) in [5.41, 5.74) is 4.36. The van der Waals surface area contributed by atoms with E-state index in [1.54, 1.807) is 18.3 Å². The van der Waals surface area contributed by atoms with Crippen molar-refractivity contribution in [1.29, 1.82) is 0 Å². The van der Waals surface area contributed by atoms with Crippen molar-refractivity contribution in [2.45, 2.75) is 20.5 Å². The monoisotopic (exact) mass is 418 g/mol. The molecule has 0 spiro atoms. The van der Waals surface area contributed by atoms with Crippen molar-refractivity contribution < 1.29 is 24.5 Å². The van der Waals surface area contributed by atoms with Crippen molar-refractivity contribution in [3.8, 4) is 34.6 Å². The van der Waals surface area contributed by atoms with Crippen molar-refractivity contribution in [3.63, 3.8) is 0 Å². The first kappa shape index (κ1) is 21.8.